The van der Waals surface area contributed by atoms with Gasteiger partial charge in [-0.15, -0.1) is 0 Å². The van der Waals surface area contributed by atoms with Crippen LogP contribution in [0.5, 0.6) is 0 Å². The van der Waals surface area contributed by atoms with E-state index >= 15 is 0 Å². The van der Waals surface area contributed by atoms with E-state index in [1.807, 2.05) is 18.7 Å². The molecular weight excluding hydrogens is 164 g/mol. The van der Waals surface area contributed by atoms with E-state index in [0.717, 1.165) is 19.6 Å². The van der Waals surface area contributed by atoms with E-state index in [0.29, 0.717) is 5.54 Å². The Hall–Kier alpha value is -0.570. The van der Waals surface area contributed by atoms with Crippen LogP contribution < -0.4 is 5.32 Å². The zero-order valence-electron chi connectivity index (χ0n) is 8.89. The minimum atomic E-state index is 0.220. The molecule has 3 nitrogen and oxygen atoms in total. The van der Waals surface area contributed by atoms with Crippen molar-refractivity contribution in [3.05, 3.63) is 0 Å². The number of nitrogens with one attached hydrogen (secondary N) is 1. The lowest BCUT2D eigenvalue weighted by molar-refractivity contribution is -0.130. The normalized spacial score (nSPS) is 23.5. The molecular formula is C10H20N2O. The molecule has 2 fully saturated rings. The van der Waals surface area contributed by atoms with Crippen molar-refractivity contribution < 1.29 is 4.79 Å². The van der Waals surface area contributed by atoms with E-state index < -0.39 is 0 Å². The van der Waals surface area contributed by atoms with Crippen LogP contribution in [-0.2, 0) is 4.79 Å². The fraction of sp³-hybridized carbons (Fsp3) is 0.900. The second-order valence-electron chi connectivity index (χ2n) is 3.65. The Morgan fingerprint density at radius 1 is 1.38 bits per heavy atom. The molecule has 1 amide bonds. The number of carbonyl (C=O) groups excluding carboxylic acids is 1. The first-order chi connectivity index (χ1) is 6.22. The van der Waals surface area contributed by atoms with Gasteiger partial charge in [-0.25, -0.2) is 0 Å². The third-order valence-electron chi connectivity index (χ3n) is 2.67. The first-order valence-corrected chi connectivity index (χ1v) is 5.22. The van der Waals surface area contributed by atoms with Crippen molar-refractivity contribution in [1.29, 1.82) is 0 Å². The zero-order valence-corrected chi connectivity index (χ0v) is 8.89. The number of rotatable bonds is 0. The second-order valence-corrected chi connectivity index (χ2v) is 3.65. The predicted octanol–water partition coefficient (Wildman–Crippen LogP) is 0.997. The molecule has 13 heavy (non-hydrogen) atoms. The van der Waals surface area contributed by atoms with Gasteiger partial charge in [-0.3, -0.25) is 4.79 Å². The van der Waals surface area contributed by atoms with Gasteiger partial charge in [0, 0.05) is 32.1 Å². The molecule has 1 spiro atoms. The minimum absolute atomic E-state index is 0.220. The van der Waals surface area contributed by atoms with Gasteiger partial charge in [0.15, 0.2) is 0 Å². The monoisotopic (exact) mass is 184 g/mol. The van der Waals surface area contributed by atoms with Crippen molar-refractivity contribution in [3.8, 4) is 0 Å². The van der Waals surface area contributed by atoms with Crippen LogP contribution in [0.1, 0.15) is 33.6 Å². The number of amides is 1. The number of hydrogen-bond donors (Lipinski definition) is 1. The van der Waals surface area contributed by atoms with Crippen molar-refractivity contribution in [3.63, 3.8) is 0 Å². The van der Waals surface area contributed by atoms with Gasteiger partial charge in [0.25, 0.3) is 0 Å². The number of piperazine rings is 1. The fourth-order valence-electron chi connectivity index (χ4n) is 1.71. The van der Waals surface area contributed by atoms with Crippen LogP contribution >= 0.6 is 0 Å². The van der Waals surface area contributed by atoms with Crippen molar-refractivity contribution in [2.75, 3.05) is 19.6 Å². The molecule has 2 aliphatic rings. The minimum Gasteiger partial charge on any atom is -0.340 e. The summed E-state index contributed by atoms with van der Waals surface area (Å²) in [5, 5.41) is 3.46. The van der Waals surface area contributed by atoms with E-state index in [9.17, 15) is 4.79 Å². The molecule has 1 aliphatic carbocycles. The highest BCUT2D eigenvalue weighted by Gasteiger charge is 2.45. The highest BCUT2D eigenvalue weighted by Crippen LogP contribution is 2.37. The third-order valence-corrected chi connectivity index (χ3v) is 2.67. The molecule has 1 aliphatic heterocycles. The molecule has 76 valence electrons. The molecule has 0 atom stereocenters. The van der Waals surface area contributed by atoms with Crippen LogP contribution in [0.2, 0.25) is 0 Å². The molecule has 1 N–H and O–H groups in total. The van der Waals surface area contributed by atoms with E-state index in [4.69, 9.17) is 0 Å². The Labute approximate surface area is 80.5 Å². The van der Waals surface area contributed by atoms with Crippen molar-refractivity contribution >= 4 is 5.91 Å². The van der Waals surface area contributed by atoms with E-state index in [1.165, 1.54) is 12.8 Å². The lowest BCUT2D eigenvalue weighted by Crippen LogP contribution is -2.53. The van der Waals surface area contributed by atoms with Crippen LogP contribution in [0.25, 0.3) is 0 Å². The third kappa shape index (κ3) is 2.44. The highest BCUT2D eigenvalue weighted by atomic mass is 16.2. The maximum absolute atomic E-state index is 11.0. The Morgan fingerprint density at radius 2 is 2.00 bits per heavy atom. The van der Waals surface area contributed by atoms with Crippen molar-refractivity contribution in [1.82, 2.24) is 10.2 Å². The summed E-state index contributed by atoms with van der Waals surface area (Å²) in [7, 11) is 0. The van der Waals surface area contributed by atoms with Crippen LogP contribution in [0.3, 0.4) is 0 Å². The summed E-state index contributed by atoms with van der Waals surface area (Å²) >= 11 is 0. The summed E-state index contributed by atoms with van der Waals surface area (Å²) < 4.78 is 0. The van der Waals surface area contributed by atoms with E-state index in [1.54, 1.807) is 6.92 Å². The molecule has 1 saturated carbocycles. The molecule has 0 bridgehead atoms. The van der Waals surface area contributed by atoms with Crippen LogP contribution in [0.15, 0.2) is 0 Å². The lowest BCUT2D eigenvalue weighted by Gasteiger charge is -2.33. The lowest BCUT2D eigenvalue weighted by atomic mass is 10.2. The number of hydrogen-bond acceptors (Lipinski definition) is 2. The van der Waals surface area contributed by atoms with Gasteiger partial charge in [0.05, 0.1) is 0 Å². The van der Waals surface area contributed by atoms with Crippen molar-refractivity contribution in [2.45, 2.75) is 39.2 Å². The molecule has 0 radical (unpaired) electrons. The maximum atomic E-state index is 11.0. The average molecular weight is 184 g/mol. The van der Waals surface area contributed by atoms with Crippen LogP contribution in [-0.4, -0.2) is 36.0 Å². The summed E-state index contributed by atoms with van der Waals surface area (Å²) in [5.74, 6) is 0.220. The highest BCUT2D eigenvalue weighted by molar-refractivity contribution is 5.73. The van der Waals surface area contributed by atoms with Gasteiger partial charge in [-0.2, -0.15) is 0 Å². The Kier molecular flexibility index (Phi) is 3.31. The van der Waals surface area contributed by atoms with Crippen LogP contribution in [0, 0.1) is 0 Å². The summed E-state index contributed by atoms with van der Waals surface area (Å²) in [6.07, 6.45) is 2.49. The summed E-state index contributed by atoms with van der Waals surface area (Å²) in [5.41, 5.74) is 0.337. The summed E-state index contributed by atoms with van der Waals surface area (Å²) in [6.45, 7) is 8.44. The standard InChI is InChI=1S/C8H14N2O.C2H6/c1-7(11)10-5-4-9-8(6-10)2-3-8;1-2/h9H,2-6H2,1H3;1-2H3. The molecule has 1 heterocycles. The molecule has 0 unspecified atom stereocenters. The average Bonchev–Trinajstić information content (AvgIpc) is 2.88. The van der Waals surface area contributed by atoms with E-state index in [-0.39, 0.29) is 5.91 Å². The first-order valence-electron chi connectivity index (χ1n) is 5.22. The SMILES string of the molecule is CC.CC(=O)N1CCNC2(CC2)C1. The number of carbonyl (C=O) groups is 1. The molecule has 0 aromatic carbocycles. The van der Waals surface area contributed by atoms with Gasteiger partial charge in [0.2, 0.25) is 5.91 Å². The Balaban J connectivity index is 0.000000396. The zero-order chi connectivity index (χ0) is 9.90. The predicted molar refractivity (Wildman–Crippen MR) is 53.6 cm³/mol. The Bertz CT molecular complexity index is 187. The van der Waals surface area contributed by atoms with Crippen LogP contribution in [0.4, 0.5) is 0 Å². The van der Waals surface area contributed by atoms with E-state index in [2.05, 4.69) is 5.32 Å². The fourth-order valence-corrected chi connectivity index (χ4v) is 1.71. The van der Waals surface area contributed by atoms with Gasteiger partial charge in [-0.05, 0) is 12.8 Å². The quantitative estimate of drug-likeness (QED) is 0.609. The first kappa shape index (κ1) is 10.5. The molecule has 0 aromatic heterocycles. The maximum Gasteiger partial charge on any atom is 0.219 e. The van der Waals surface area contributed by atoms with Crippen molar-refractivity contribution in [2.24, 2.45) is 0 Å². The van der Waals surface area contributed by atoms with Gasteiger partial charge < -0.3 is 10.2 Å². The van der Waals surface area contributed by atoms with Gasteiger partial charge >= 0.3 is 0 Å². The van der Waals surface area contributed by atoms with Gasteiger partial charge in [0.1, 0.15) is 0 Å². The second kappa shape index (κ2) is 4.09. The molecule has 3 heteroatoms. The number of nitrogens with zero attached hydrogens (tertiary/aromatic N) is 1. The summed E-state index contributed by atoms with van der Waals surface area (Å²) in [6, 6.07) is 0. The molecule has 0 aromatic rings. The molecule has 1 saturated heterocycles. The molecule has 2 rings (SSSR count). The summed E-state index contributed by atoms with van der Waals surface area (Å²) in [4.78, 5) is 13.0. The topological polar surface area (TPSA) is 32.3 Å². The Morgan fingerprint density at radius 3 is 2.46 bits per heavy atom. The van der Waals surface area contributed by atoms with Gasteiger partial charge in [-0.1, -0.05) is 13.8 Å². The smallest absolute Gasteiger partial charge is 0.219 e. The largest absolute Gasteiger partial charge is 0.340 e.